The first-order valence-electron chi connectivity index (χ1n) is 3.34. The Bertz CT molecular complexity index is 427. The zero-order valence-electron chi connectivity index (χ0n) is 6.85. The van der Waals surface area contributed by atoms with Crippen molar-refractivity contribution in [2.24, 2.45) is 0 Å². The highest BCUT2D eigenvalue weighted by Gasteiger charge is 2.04. The zero-order chi connectivity index (χ0) is 9.90. The lowest BCUT2D eigenvalue weighted by Gasteiger charge is -1.96. The van der Waals surface area contributed by atoms with Gasteiger partial charge < -0.3 is 0 Å². The lowest BCUT2D eigenvalue weighted by atomic mass is 10.4. The lowest BCUT2D eigenvalue weighted by molar-refractivity contribution is 0.315. The fraction of sp³-hybridized carbons (Fsp3) is 0.286. The third kappa shape index (κ3) is 3.55. The maximum Gasteiger partial charge on any atom is 0.264 e. The van der Waals surface area contributed by atoms with Crippen molar-refractivity contribution in [3.63, 3.8) is 0 Å². The Morgan fingerprint density at radius 3 is 2.77 bits per heavy atom. The van der Waals surface area contributed by atoms with Crippen LogP contribution < -0.4 is 0 Å². The van der Waals surface area contributed by atoms with Crippen LogP contribution in [0.5, 0.6) is 0 Å². The third-order valence-electron chi connectivity index (χ3n) is 1.19. The van der Waals surface area contributed by atoms with Crippen molar-refractivity contribution >= 4 is 21.5 Å². The van der Waals surface area contributed by atoms with Crippen molar-refractivity contribution in [2.45, 2.75) is 6.61 Å². The smallest absolute Gasteiger partial charge is 0.264 e. The molecule has 4 nitrogen and oxygen atoms in total. The molecule has 1 heterocycles. The van der Waals surface area contributed by atoms with Gasteiger partial charge in [-0.2, -0.15) is 13.7 Å². The minimum Gasteiger partial charge on any atom is -0.265 e. The van der Waals surface area contributed by atoms with E-state index in [0.717, 1.165) is 11.1 Å². The van der Waals surface area contributed by atoms with Crippen LogP contribution in [0.1, 0.15) is 9.75 Å². The largest absolute Gasteiger partial charge is 0.265 e. The van der Waals surface area contributed by atoms with E-state index in [4.69, 9.17) is 5.26 Å². The summed E-state index contributed by atoms with van der Waals surface area (Å²) in [5.74, 6) is 0. The van der Waals surface area contributed by atoms with Crippen molar-refractivity contribution in [1.82, 2.24) is 0 Å². The van der Waals surface area contributed by atoms with Crippen LogP contribution in [0.2, 0.25) is 0 Å². The number of hydrogen-bond donors (Lipinski definition) is 0. The van der Waals surface area contributed by atoms with Gasteiger partial charge in [0.25, 0.3) is 10.1 Å². The molecule has 0 radical (unpaired) electrons. The monoisotopic (exact) mass is 217 g/mol. The molecular weight excluding hydrogens is 210 g/mol. The van der Waals surface area contributed by atoms with E-state index < -0.39 is 10.1 Å². The molecule has 0 unspecified atom stereocenters. The maximum atomic E-state index is 10.6. The van der Waals surface area contributed by atoms with Crippen LogP contribution in [0.15, 0.2) is 12.1 Å². The molecule has 0 fully saturated rings. The average Bonchev–Trinajstić information content (AvgIpc) is 2.47. The summed E-state index contributed by atoms with van der Waals surface area (Å²) in [6.45, 7) is 0.00514. The SMILES string of the molecule is CS(=O)(=O)OCc1ccc(C#N)s1. The van der Waals surface area contributed by atoms with Gasteiger partial charge in [0.2, 0.25) is 0 Å². The van der Waals surface area contributed by atoms with Crippen LogP contribution in [-0.2, 0) is 20.9 Å². The standard InChI is InChI=1S/C7H7NO3S2/c1-13(9,10)11-5-7-3-2-6(4-8)12-7/h2-3H,5H2,1H3. The van der Waals surface area contributed by atoms with Gasteiger partial charge in [0.1, 0.15) is 17.6 Å². The molecule has 13 heavy (non-hydrogen) atoms. The summed E-state index contributed by atoms with van der Waals surface area (Å²) in [6, 6.07) is 5.26. The van der Waals surface area contributed by atoms with Crippen LogP contribution in [-0.4, -0.2) is 14.7 Å². The number of thiophene rings is 1. The molecule has 0 amide bonds. The summed E-state index contributed by atoms with van der Waals surface area (Å²) in [5.41, 5.74) is 0. The van der Waals surface area contributed by atoms with Crippen molar-refractivity contribution in [1.29, 1.82) is 5.26 Å². The molecule has 1 rings (SSSR count). The Hall–Kier alpha value is -0.900. The first kappa shape index (κ1) is 10.2. The second-order valence-electron chi connectivity index (χ2n) is 2.34. The Labute approximate surface area is 80.5 Å². The molecule has 0 aromatic carbocycles. The second-order valence-corrected chi connectivity index (χ2v) is 5.16. The van der Waals surface area contributed by atoms with E-state index in [1.807, 2.05) is 6.07 Å². The van der Waals surface area contributed by atoms with Gasteiger partial charge in [-0.1, -0.05) is 0 Å². The van der Waals surface area contributed by atoms with E-state index in [0.29, 0.717) is 4.88 Å². The van der Waals surface area contributed by atoms with Gasteiger partial charge in [-0.15, -0.1) is 11.3 Å². The summed E-state index contributed by atoms with van der Waals surface area (Å²) in [5, 5.41) is 8.48. The molecule has 70 valence electrons. The summed E-state index contributed by atoms with van der Waals surface area (Å²) in [6.07, 6.45) is 0.992. The van der Waals surface area contributed by atoms with Gasteiger partial charge in [0, 0.05) is 4.88 Å². The molecule has 1 aromatic rings. The van der Waals surface area contributed by atoms with E-state index in [-0.39, 0.29) is 6.61 Å². The van der Waals surface area contributed by atoms with Crippen molar-refractivity contribution in [3.8, 4) is 6.07 Å². The average molecular weight is 217 g/mol. The molecule has 0 aliphatic rings. The van der Waals surface area contributed by atoms with E-state index in [9.17, 15) is 8.42 Å². The summed E-state index contributed by atoms with van der Waals surface area (Å²) in [4.78, 5) is 1.27. The van der Waals surface area contributed by atoms with Crippen LogP contribution in [0.4, 0.5) is 0 Å². The predicted octanol–water partition coefficient (Wildman–Crippen LogP) is 1.10. The van der Waals surface area contributed by atoms with E-state index in [2.05, 4.69) is 4.18 Å². The van der Waals surface area contributed by atoms with Gasteiger partial charge in [-0.05, 0) is 12.1 Å². The highest BCUT2D eigenvalue weighted by molar-refractivity contribution is 7.85. The highest BCUT2D eigenvalue weighted by atomic mass is 32.2. The van der Waals surface area contributed by atoms with Gasteiger partial charge in [-0.3, -0.25) is 4.18 Å². The maximum absolute atomic E-state index is 10.6. The Morgan fingerprint density at radius 2 is 2.31 bits per heavy atom. The lowest BCUT2D eigenvalue weighted by Crippen LogP contribution is -2.01. The molecule has 0 spiro atoms. The zero-order valence-corrected chi connectivity index (χ0v) is 8.48. The van der Waals surface area contributed by atoms with Crippen molar-refractivity contribution in [3.05, 3.63) is 21.9 Å². The van der Waals surface area contributed by atoms with Crippen molar-refractivity contribution in [2.75, 3.05) is 6.26 Å². The van der Waals surface area contributed by atoms with Gasteiger partial charge in [0.05, 0.1) is 6.26 Å². The number of nitriles is 1. The molecule has 0 aliphatic carbocycles. The number of hydrogen-bond acceptors (Lipinski definition) is 5. The van der Waals surface area contributed by atoms with Crippen LogP contribution in [0.3, 0.4) is 0 Å². The van der Waals surface area contributed by atoms with Gasteiger partial charge in [0.15, 0.2) is 0 Å². The van der Waals surface area contributed by atoms with E-state index in [1.54, 1.807) is 12.1 Å². The third-order valence-corrected chi connectivity index (χ3v) is 2.70. The molecule has 0 saturated carbocycles. The molecule has 0 N–H and O–H groups in total. The minimum absolute atomic E-state index is 0.00514. The predicted molar refractivity (Wildman–Crippen MR) is 48.7 cm³/mol. The first-order chi connectivity index (χ1) is 6.01. The van der Waals surface area contributed by atoms with Gasteiger partial charge in [-0.25, -0.2) is 0 Å². The molecule has 6 heteroatoms. The minimum atomic E-state index is -3.40. The van der Waals surface area contributed by atoms with Crippen LogP contribution in [0.25, 0.3) is 0 Å². The number of rotatable bonds is 3. The van der Waals surface area contributed by atoms with Crippen LogP contribution in [0, 0.1) is 11.3 Å². The summed E-state index contributed by atoms with van der Waals surface area (Å²) >= 11 is 1.22. The molecule has 0 bridgehead atoms. The second kappa shape index (κ2) is 3.87. The normalized spacial score (nSPS) is 11.1. The fourth-order valence-corrected chi connectivity index (χ4v) is 1.81. The molecule has 1 aromatic heterocycles. The summed E-state index contributed by atoms with van der Waals surface area (Å²) in [7, 11) is -3.40. The topological polar surface area (TPSA) is 67.2 Å². The first-order valence-corrected chi connectivity index (χ1v) is 5.98. The highest BCUT2D eigenvalue weighted by Crippen LogP contribution is 2.16. The molecular formula is C7H7NO3S2. The Kier molecular flexibility index (Phi) is 3.03. The quantitative estimate of drug-likeness (QED) is 0.711. The van der Waals surface area contributed by atoms with Crippen LogP contribution >= 0.6 is 11.3 Å². The molecule has 0 saturated heterocycles. The van der Waals surface area contributed by atoms with Gasteiger partial charge >= 0.3 is 0 Å². The van der Waals surface area contributed by atoms with E-state index >= 15 is 0 Å². The number of nitrogens with zero attached hydrogens (tertiary/aromatic N) is 1. The van der Waals surface area contributed by atoms with E-state index in [1.165, 1.54) is 11.3 Å². The Morgan fingerprint density at radius 1 is 1.62 bits per heavy atom. The van der Waals surface area contributed by atoms with Crippen molar-refractivity contribution < 1.29 is 12.6 Å². The summed E-state index contributed by atoms with van der Waals surface area (Å²) < 4.78 is 25.7. The Balaban J connectivity index is 2.62. The fourth-order valence-electron chi connectivity index (χ4n) is 0.681. The molecule has 0 atom stereocenters. The molecule has 0 aliphatic heterocycles.